The van der Waals surface area contributed by atoms with Crippen LogP contribution in [0.25, 0.3) is 21.7 Å². The number of hydrogen-bond donors (Lipinski definition) is 1. The van der Waals surface area contributed by atoms with Crippen molar-refractivity contribution in [1.82, 2.24) is 0 Å². The van der Waals surface area contributed by atoms with E-state index in [2.05, 4.69) is 0 Å². The van der Waals surface area contributed by atoms with Crippen molar-refractivity contribution in [3.8, 4) is 5.75 Å². The van der Waals surface area contributed by atoms with Crippen LogP contribution in [0.15, 0.2) is 45.6 Å². The lowest BCUT2D eigenvalue weighted by molar-refractivity contribution is 0.151. The summed E-state index contributed by atoms with van der Waals surface area (Å²) < 4.78 is 30.2. The van der Waals surface area contributed by atoms with Crippen LogP contribution >= 0.6 is 0 Å². The molecular weight excluding hydrogens is 254 g/mol. The molecule has 0 aliphatic rings. The summed E-state index contributed by atoms with van der Waals surface area (Å²) in [4.78, 5) is 11.8. The molecule has 0 unspecified atom stereocenters. The molecule has 0 radical (unpaired) electrons. The normalized spacial score (nSPS) is 11.5. The van der Waals surface area contributed by atoms with Crippen LogP contribution in [-0.2, 0) is 0 Å². The smallest absolute Gasteiger partial charge is 0.344 e. The first kappa shape index (κ1) is 11.6. The minimum atomic E-state index is -2.62. The van der Waals surface area contributed by atoms with Gasteiger partial charge in [0.2, 0.25) is 0 Å². The van der Waals surface area contributed by atoms with Crippen molar-refractivity contribution in [2.75, 3.05) is 0 Å². The molecule has 0 atom stereocenters. The van der Waals surface area contributed by atoms with Crippen molar-refractivity contribution in [3.05, 3.63) is 52.4 Å². The fraction of sp³-hybridized carbons (Fsp3) is 0.0714. The molecule has 3 nitrogen and oxygen atoms in total. The molecule has 96 valence electrons. The second-order valence-electron chi connectivity index (χ2n) is 4.18. The van der Waals surface area contributed by atoms with Gasteiger partial charge in [-0.25, -0.2) is 13.6 Å². The zero-order valence-electron chi connectivity index (χ0n) is 9.56. The van der Waals surface area contributed by atoms with E-state index in [1.807, 2.05) is 0 Å². The first-order chi connectivity index (χ1) is 9.06. The predicted molar refractivity (Wildman–Crippen MR) is 66.6 cm³/mol. The quantitative estimate of drug-likeness (QED) is 0.538. The molecule has 0 aliphatic carbocycles. The number of phenols is 1. The van der Waals surface area contributed by atoms with E-state index in [1.165, 1.54) is 24.3 Å². The minimum absolute atomic E-state index is 0.0525. The molecule has 3 rings (SSSR count). The van der Waals surface area contributed by atoms with E-state index in [9.17, 15) is 18.7 Å². The van der Waals surface area contributed by atoms with Gasteiger partial charge in [-0.15, -0.1) is 0 Å². The average molecular weight is 262 g/mol. The molecule has 0 saturated heterocycles. The van der Waals surface area contributed by atoms with Crippen LogP contribution < -0.4 is 5.63 Å². The van der Waals surface area contributed by atoms with E-state index >= 15 is 0 Å². The van der Waals surface area contributed by atoms with Crippen molar-refractivity contribution in [1.29, 1.82) is 0 Å². The van der Waals surface area contributed by atoms with E-state index in [1.54, 1.807) is 6.07 Å². The van der Waals surface area contributed by atoms with E-state index < -0.39 is 12.1 Å². The average Bonchev–Trinajstić information content (AvgIpc) is 2.38. The summed E-state index contributed by atoms with van der Waals surface area (Å²) in [6.45, 7) is 0. The molecule has 0 fully saturated rings. The predicted octanol–water partition coefficient (Wildman–Crippen LogP) is 3.59. The third-order valence-electron chi connectivity index (χ3n) is 2.97. The number of aromatic hydroxyl groups is 1. The van der Waals surface area contributed by atoms with E-state index in [4.69, 9.17) is 4.42 Å². The van der Waals surface area contributed by atoms with Gasteiger partial charge in [0.25, 0.3) is 6.43 Å². The maximum Gasteiger partial charge on any atom is 0.344 e. The van der Waals surface area contributed by atoms with Gasteiger partial charge >= 0.3 is 5.63 Å². The maximum absolute atomic E-state index is 12.6. The number of fused-ring (bicyclic) bond motifs is 3. The number of benzene rings is 2. The number of alkyl halides is 2. The van der Waals surface area contributed by atoms with Crippen molar-refractivity contribution in [3.63, 3.8) is 0 Å². The van der Waals surface area contributed by atoms with Gasteiger partial charge in [-0.05, 0) is 24.3 Å². The minimum Gasteiger partial charge on any atom is -0.508 e. The van der Waals surface area contributed by atoms with Crippen LogP contribution in [0.3, 0.4) is 0 Å². The lowest BCUT2D eigenvalue weighted by Crippen LogP contribution is -2.00. The Bertz CT molecular complexity index is 837. The van der Waals surface area contributed by atoms with Gasteiger partial charge in [-0.3, -0.25) is 0 Å². The van der Waals surface area contributed by atoms with Gasteiger partial charge < -0.3 is 9.52 Å². The van der Waals surface area contributed by atoms with E-state index in [0.717, 1.165) is 6.07 Å². The highest BCUT2D eigenvalue weighted by molar-refractivity contribution is 6.04. The van der Waals surface area contributed by atoms with Crippen molar-refractivity contribution < 1.29 is 18.3 Å². The van der Waals surface area contributed by atoms with Gasteiger partial charge in [0, 0.05) is 16.3 Å². The summed E-state index contributed by atoms with van der Waals surface area (Å²) in [5, 5.41) is 10.7. The summed E-state index contributed by atoms with van der Waals surface area (Å²) in [7, 11) is 0. The Morgan fingerprint density at radius 1 is 1.00 bits per heavy atom. The van der Waals surface area contributed by atoms with Crippen LogP contribution in [0.2, 0.25) is 0 Å². The van der Waals surface area contributed by atoms with E-state index in [0.29, 0.717) is 10.8 Å². The van der Waals surface area contributed by atoms with Crippen LogP contribution in [0, 0.1) is 0 Å². The first-order valence-electron chi connectivity index (χ1n) is 5.54. The molecule has 0 amide bonds. The molecule has 2 aromatic carbocycles. The largest absolute Gasteiger partial charge is 0.508 e. The monoisotopic (exact) mass is 262 g/mol. The zero-order valence-corrected chi connectivity index (χ0v) is 9.56. The molecule has 19 heavy (non-hydrogen) atoms. The number of phenolic OH excluding ortho intramolecular Hbond substituents is 1. The summed E-state index contributed by atoms with van der Waals surface area (Å²) in [6, 6.07) is 8.22. The van der Waals surface area contributed by atoms with Crippen LogP contribution in [0.5, 0.6) is 5.75 Å². The van der Waals surface area contributed by atoms with Crippen molar-refractivity contribution in [2.24, 2.45) is 0 Å². The summed E-state index contributed by atoms with van der Waals surface area (Å²) in [5.41, 5.74) is -0.750. The SMILES string of the molecule is O=c1oc2cc(C(F)F)ccc2c2ccc(O)cc12. The summed E-state index contributed by atoms with van der Waals surface area (Å²) >= 11 is 0. The van der Waals surface area contributed by atoms with Crippen molar-refractivity contribution in [2.45, 2.75) is 6.43 Å². The molecule has 1 N–H and O–H groups in total. The van der Waals surface area contributed by atoms with E-state index in [-0.39, 0.29) is 22.3 Å². The Hall–Kier alpha value is -2.43. The third kappa shape index (κ3) is 1.83. The fourth-order valence-electron chi connectivity index (χ4n) is 2.07. The summed E-state index contributed by atoms with van der Waals surface area (Å²) in [6.07, 6.45) is -2.62. The fourth-order valence-corrected chi connectivity index (χ4v) is 2.07. The third-order valence-corrected chi connectivity index (χ3v) is 2.97. The number of hydrogen-bond acceptors (Lipinski definition) is 3. The highest BCUT2D eigenvalue weighted by Crippen LogP contribution is 2.28. The van der Waals surface area contributed by atoms with Gasteiger partial charge in [0.05, 0.1) is 5.39 Å². The zero-order chi connectivity index (χ0) is 13.6. The summed E-state index contributed by atoms with van der Waals surface area (Å²) in [5.74, 6) is -0.0525. The Morgan fingerprint density at radius 2 is 1.74 bits per heavy atom. The van der Waals surface area contributed by atoms with Gasteiger partial charge in [-0.2, -0.15) is 0 Å². The number of halogens is 2. The lowest BCUT2D eigenvalue weighted by Gasteiger charge is -2.05. The highest BCUT2D eigenvalue weighted by Gasteiger charge is 2.12. The maximum atomic E-state index is 12.6. The standard InChI is InChI=1S/C14H8F2O3/c15-13(16)7-1-3-10-9-4-2-8(17)6-11(9)14(18)19-12(10)5-7/h1-6,13,17H. The molecule has 0 saturated carbocycles. The first-order valence-corrected chi connectivity index (χ1v) is 5.54. The second-order valence-corrected chi connectivity index (χ2v) is 4.18. The topological polar surface area (TPSA) is 50.4 Å². The Morgan fingerprint density at radius 3 is 2.47 bits per heavy atom. The molecule has 1 aromatic heterocycles. The Balaban J connectivity index is 2.45. The van der Waals surface area contributed by atoms with Gasteiger partial charge in [0.1, 0.15) is 11.3 Å². The number of rotatable bonds is 1. The lowest BCUT2D eigenvalue weighted by atomic mass is 10.1. The highest BCUT2D eigenvalue weighted by atomic mass is 19.3. The Kier molecular flexibility index (Phi) is 2.48. The molecule has 5 heteroatoms. The van der Waals surface area contributed by atoms with Gasteiger partial charge in [0.15, 0.2) is 0 Å². The molecule has 0 aliphatic heterocycles. The molecule has 0 spiro atoms. The molecule has 1 heterocycles. The Labute approximate surface area is 105 Å². The van der Waals surface area contributed by atoms with Gasteiger partial charge in [-0.1, -0.05) is 12.1 Å². The van der Waals surface area contributed by atoms with Crippen molar-refractivity contribution >= 4 is 21.7 Å². The van der Waals surface area contributed by atoms with Crippen LogP contribution in [-0.4, -0.2) is 5.11 Å². The molecular formula is C14H8F2O3. The second kappa shape index (κ2) is 4.05. The van der Waals surface area contributed by atoms with Crippen LogP contribution in [0.4, 0.5) is 8.78 Å². The molecule has 3 aromatic rings. The van der Waals surface area contributed by atoms with Crippen LogP contribution in [0.1, 0.15) is 12.0 Å². The molecule has 0 bridgehead atoms.